The first-order valence-corrected chi connectivity index (χ1v) is 7.18. The molecule has 106 valence electrons. The monoisotopic (exact) mass is 297 g/mol. The van der Waals surface area contributed by atoms with E-state index in [1.807, 2.05) is 36.8 Å². The van der Waals surface area contributed by atoms with E-state index in [1.165, 1.54) is 5.56 Å². The van der Waals surface area contributed by atoms with Gasteiger partial charge in [-0.1, -0.05) is 48.0 Å². The third-order valence-electron chi connectivity index (χ3n) is 3.46. The Bertz CT molecular complexity index is 715. The van der Waals surface area contributed by atoms with Gasteiger partial charge in [-0.3, -0.25) is 0 Å². The number of nitrogens with zero attached hydrogens (tertiary/aromatic N) is 2. The van der Waals surface area contributed by atoms with Gasteiger partial charge in [0.05, 0.1) is 18.2 Å². The minimum absolute atomic E-state index is 0.571. The standard InChI is InChI=1S/C17H16ClN3/c18-16-7-5-15(6-8-16)17-10-20-12-21(17)11-14-3-1-13(9-19)2-4-14/h1-8,10,12H,9,11,19H2. The average molecular weight is 298 g/mol. The van der Waals surface area contributed by atoms with Crippen LogP contribution in [0.2, 0.25) is 5.02 Å². The highest BCUT2D eigenvalue weighted by Gasteiger charge is 2.05. The maximum absolute atomic E-state index is 5.94. The molecule has 0 aliphatic heterocycles. The van der Waals surface area contributed by atoms with Crippen LogP contribution in [0.15, 0.2) is 61.1 Å². The number of aromatic nitrogens is 2. The molecule has 0 atom stereocenters. The molecule has 21 heavy (non-hydrogen) atoms. The number of nitrogens with two attached hydrogens (primary N) is 1. The molecule has 0 fully saturated rings. The summed E-state index contributed by atoms with van der Waals surface area (Å²) in [6.45, 7) is 1.35. The minimum Gasteiger partial charge on any atom is -0.326 e. The molecule has 0 unspecified atom stereocenters. The smallest absolute Gasteiger partial charge is 0.0954 e. The van der Waals surface area contributed by atoms with Crippen molar-refractivity contribution in [1.29, 1.82) is 0 Å². The highest BCUT2D eigenvalue weighted by Crippen LogP contribution is 2.22. The van der Waals surface area contributed by atoms with Gasteiger partial charge in [0, 0.05) is 18.1 Å². The van der Waals surface area contributed by atoms with Crippen LogP contribution in [0.1, 0.15) is 11.1 Å². The molecular weight excluding hydrogens is 282 g/mol. The SMILES string of the molecule is NCc1ccc(Cn2cncc2-c2ccc(Cl)cc2)cc1. The summed E-state index contributed by atoms with van der Waals surface area (Å²) in [5, 5.41) is 0.738. The molecule has 0 saturated heterocycles. The topological polar surface area (TPSA) is 43.8 Å². The molecule has 0 bridgehead atoms. The Morgan fingerprint density at radius 1 is 0.952 bits per heavy atom. The molecule has 0 saturated carbocycles. The number of benzene rings is 2. The van der Waals surface area contributed by atoms with Crippen LogP contribution in [-0.4, -0.2) is 9.55 Å². The van der Waals surface area contributed by atoms with Crippen LogP contribution in [0.25, 0.3) is 11.3 Å². The summed E-state index contributed by atoms with van der Waals surface area (Å²) in [5.41, 5.74) is 10.2. The molecule has 3 nitrogen and oxygen atoms in total. The van der Waals surface area contributed by atoms with Gasteiger partial charge < -0.3 is 10.3 Å². The molecule has 2 aromatic carbocycles. The lowest BCUT2D eigenvalue weighted by Crippen LogP contribution is -2.01. The average Bonchev–Trinajstić information content (AvgIpc) is 2.97. The molecule has 0 aliphatic rings. The van der Waals surface area contributed by atoms with E-state index in [0.29, 0.717) is 6.54 Å². The van der Waals surface area contributed by atoms with Crippen molar-refractivity contribution in [3.8, 4) is 11.3 Å². The number of imidazole rings is 1. The predicted octanol–water partition coefficient (Wildman–Crippen LogP) is 3.71. The predicted molar refractivity (Wildman–Crippen MR) is 86.1 cm³/mol. The van der Waals surface area contributed by atoms with Crippen LogP contribution in [-0.2, 0) is 13.1 Å². The van der Waals surface area contributed by atoms with E-state index in [0.717, 1.165) is 28.4 Å². The molecular formula is C17H16ClN3. The zero-order valence-electron chi connectivity index (χ0n) is 11.5. The molecule has 4 heteroatoms. The maximum atomic E-state index is 5.94. The molecule has 2 N–H and O–H groups in total. The molecule has 0 aliphatic carbocycles. The second kappa shape index (κ2) is 6.12. The van der Waals surface area contributed by atoms with E-state index in [1.54, 1.807) is 0 Å². The maximum Gasteiger partial charge on any atom is 0.0954 e. The number of rotatable bonds is 4. The number of halogens is 1. The normalized spacial score (nSPS) is 10.8. The Kier molecular flexibility index (Phi) is 4.04. The largest absolute Gasteiger partial charge is 0.326 e. The summed E-state index contributed by atoms with van der Waals surface area (Å²) in [6.07, 6.45) is 3.72. The fourth-order valence-corrected chi connectivity index (χ4v) is 2.41. The lowest BCUT2D eigenvalue weighted by atomic mass is 10.1. The van der Waals surface area contributed by atoms with Gasteiger partial charge in [0.25, 0.3) is 0 Å². The van der Waals surface area contributed by atoms with Crippen molar-refractivity contribution in [2.45, 2.75) is 13.1 Å². The van der Waals surface area contributed by atoms with Gasteiger partial charge in [-0.15, -0.1) is 0 Å². The van der Waals surface area contributed by atoms with Crippen LogP contribution in [0, 0.1) is 0 Å². The summed E-state index contributed by atoms with van der Waals surface area (Å²) in [7, 11) is 0. The highest BCUT2D eigenvalue weighted by atomic mass is 35.5. The van der Waals surface area contributed by atoms with Crippen molar-refractivity contribution >= 4 is 11.6 Å². The minimum atomic E-state index is 0.571. The van der Waals surface area contributed by atoms with Gasteiger partial charge >= 0.3 is 0 Å². The Labute approximate surface area is 129 Å². The first-order valence-electron chi connectivity index (χ1n) is 6.80. The molecule has 3 aromatic rings. The van der Waals surface area contributed by atoms with Crippen molar-refractivity contribution in [2.75, 3.05) is 0 Å². The summed E-state index contributed by atoms with van der Waals surface area (Å²) >= 11 is 5.94. The van der Waals surface area contributed by atoms with E-state index >= 15 is 0 Å². The molecule has 0 radical (unpaired) electrons. The van der Waals surface area contributed by atoms with Crippen molar-refractivity contribution in [3.63, 3.8) is 0 Å². The van der Waals surface area contributed by atoms with Crippen LogP contribution < -0.4 is 5.73 Å². The Balaban J connectivity index is 1.86. The fraction of sp³-hybridized carbons (Fsp3) is 0.118. The first-order chi connectivity index (χ1) is 10.3. The quantitative estimate of drug-likeness (QED) is 0.798. The molecule has 0 spiro atoms. The first kappa shape index (κ1) is 13.9. The van der Waals surface area contributed by atoms with Crippen molar-refractivity contribution in [1.82, 2.24) is 9.55 Å². The van der Waals surface area contributed by atoms with Crippen molar-refractivity contribution in [3.05, 3.63) is 77.2 Å². The summed E-state index contributed by atoms with van der Waals surface area (Å²) < 4.78 is 2.13. The van der Waals surface area contributed by atoms with Gasteiger partial charge in [-0.05, 0) is 28.8 Å². The van der Waals surface area contributed by atoms with Crippen LogP contribution in [0.5, 0.6) is 0 Å². The Morgan fingerprint density at radius 3 is 2.29 bits per heavy atom. The third-order valence-corrected chi connectivity index (χ3v) is 3.72. The second-order valence-corrected chi connectivity index (χ2v) is 5.37. The second-order valence-electron chi connectivity index (χ2n) is 4.93. The summed E-state index contributed by atoms with van der Waals surface area (Å²) in [6, 6.07) is 16.1. The highest BCUT2D eigenvalue weighted by molar-refractivity contribution is 6.30. The van der Waals surface area contributed by atoms with Crippen molar-refractivity contribution < 1.29 is 0 Å². The van der Waals surface area contributed by atoms with E-state index < -0.39 is 0 Å². The van der Waals surface area contributed by atoms with Gasteiger partial charge in [0.2, 0.25) is 0 Å². The lowest BCUT2D eigenvalue weighted by molar-refractivity contribution is 0.804. The fourth-order valence-electron chi connectivity index (χ4n) is 2.29. The summed E-state index contributed by atoms with van der Waals surface area (Å²) in [4.78, 5) is 4.26. The number of hydrogen-bond donors (Lipinski definition) is 1. The Morgan fingerprint density at radius 2 is 1.62 bits per heavy atom. The zero-order valence-corrected chi connectivity index (χ0v) is 12.3. The van der Waals surface area contributed by atoms with Gasteiger partial charge in [0.15, 0.2) is 0 Å². The van der Waals surface area contributed by atoms with E-state index in [-0.39, 0.29) is 0 Å². The van der Waals surface area contributed by atoms with Gasteiger partial charge in [-0.25, -0.2) is 4.98 Å². The van der Waals surface area contributed by atoms with Gasteiger partial charge in [-0.2, -0.15) is 0 Å². The molecule has 1 heterocycles. The van der Waals surface area contributed by atoms with Crippen LogP contribution >= 0.6 is 11.6 Å². The third kappa shape index (κ3) is 3.15. The van der Waals surface area contributed by atoms with Crippen LogP contribution in [0.4, 0.5) is 0 Å². The number of hydrogen-bond acceptors (Lipinski definition) is 2. The lowest BCUT2D eigenvalue weighted by Gasteiger charge is -2.09. The van der Waals surface area contributed by atoms with E-state index in [4.69, 9.17) is 17.3 Å². The molecule has 1 aromatic heterocycles. The van der Waals surface area contributed by atoms with Crippen LogP contribution in [0.3, 0.4) is 0 Å². The zero-order chi connectivity index (χ0) is 14.7. The van der Waals surface area contributed by atoms with Crippen molar-refractivity contribution in [2.24, 2.45) is 5.73 Å². The van der Waals surface area contributed by atoms with E-state index in [9.17, 15) is 0 Å². The molecule has 3 rings (SSSR count). The molecule has 0 amide bonds. The van der Waals surface area contributed by atoms with E-state index in [2.05, 4.69) is 33.8 Å². The Hall–Kier alpha value is -2.10. The summed E-state index contributed by atoms with van der Waals surface area (Å²) in [5.74, 6) is 0. The van der Waals surface area contributed by atoms with Gasteiger partial charge in [0.1, 0.15) is 0 Å².